The third-order valence-electron chi connectivity index (χ3n) is 4.23. The maximum absolute atomic E-state index is 12.0. The minimum atomic E-state index is 0.225. The fraction of sp³-hybridized carbons (Fsp3) is 0.846. The average molecular weight is 220 g/mol. The van der Waals surface area contributed by atoms with Crippen molar-refractivity contribution < 1.29 is 4.79 Å². The molecule has 0 aliphatic heterocycles. The lowest BCUT2D eigenvalue weighted by Crippen LogP contribution is -2.44. The van der Waals surface area contributed by atoms with Gasteiger partial charge in [-0.2, -0.15) is 5.26 Å². The van der Waals surface area contributed by atoms with E-state index >= 15 is 0 Å². The van der Waals surface area contributed by atoms with Crippen molar-refractivity contribution in [3.63, 3.8) is 0 Å². The molecule has 0 atom stereocenters. The summed E-state index contributed by atoms with van der Waals surface area (Å²) in [6.45, 7) is 0. The first-order valence-electron chi connectivity index (χ1n) is 6.38. The first kappa shape index (κ1) is 11.4. The molecule has 88 valence electrons. The first-order chi connectivity index (χ1) is 7.72. The van der Waals surface area contributed by atoms with Crippen LogP contribution in [0.4, 0.5) is 0 Å². The highest BCUT2D eigenvalue weighted by atomic mass is 16.2. The number of nitrogens with zero attached hydrogens (tertiary/aromatic N) is 2. The van der Waals surface area contributed by atoms with Crippen LogP contribution in [0.1, 0.15) is 44.9 Å². The largest absolute Gasteiger partial charge is 0.343 e. The van der Waals surface area contributed by atoms with Crippen LogP contribution < -0.4 is 0 Å². The molecule has 0 aromatic rings. The molecule has 0 saturated heterocycles. The van der Waals surface area contributed by atoms with Crippen LogP contribution in [0, 0.1) is 23.2 Å². The van der Waals surface area contributed by atoms with Gasteiger partial charge in [0.15, 0.2) is 0 Å². The van der Waals surface area contributed by atoms with Crippen LogP contribution in [0.2, 0.25) is 0 Å². The molecule has 2 fully saturated rings. The van der Waals surface area contributed by atoms with Crippen molar-refractivity contribution in [3.05, 3.63) is 0 Å². The zero-order valence-electron chi connectivity index (χ0n) is 9.98. The van der Waals surface area contributed by atoms with E-state index in [0.717, 1.165) is 38.5 Å². The lowest BCUT2D eigenvalue weighted by molar-refractivity contribution is -0.139. The highest BCUT2D eigenvalue weighted by molar-refractivity contribution is 5.79. The Kier molecular flexibility index (Phi) is 3.48. The molecule has 1 amide bonds. The Morgan fingerprint density at radius 2 is 1.81 bits per heavy atom. The Morgan fingerprint density at radius 1 is 1.19 bits per heavy atom. The van der Waals surface area contributed by atoms with E-state index in [4.69, 9.17) is 5.26 Å². The second kappa shape index (κ2) is 4.86. The van der Waals surface area contributed by atoms with Crippen LogP contribution in [0.25, 0.3) is 0 Å². The molecule has 3 heteroatoms. The van der Waals surface area contributed by atoms with E-state index in [9.17, 15) is 4.79 Å². The first-order valence-corrected chi connectivity index (χ1v) is 6.38. The Balaban J connectivity index is 1.83. The molecule has 16 heavy (non-hydrogen) atoms. The van der Waals surface area contributed by atoms with Crippen molar-refractivity contribution in [2.24, 2.45) is 11.8 Å². The number of hydrogen-bond donors (Lipinski definition) is 0. The summed E-state index contributed by atoms with van der Waals surface area (Å²) in [7, 11) is 1.94. The number of rotatable bonds is 2. The summed E-state index contributed by atoms with van der Waals surface area (Å²) in [4.78, 5) is 14.0. The zero-order chi connectivity index (χ0) is 11.5. The Labute approximate surface area is 97.4 Å². The van der Waals surface area contributed by atoms with Crippen LogP contribution >= 0.6 is 0 Å². The number of amides is 1. The van der Waals surface area contributed by atoms with E-state index in [1.807, 2.05) is 11.9 Å². The summed E-state index contributed by atoms with van der Waals surface area (Å²) >= 11 is 0. The van der Waals surface area contributed by atoms with Crippen molar-refractivity contribution in [1.29, 1.82) is 5.26 Å². The van der Waals surface area contributed by atoms with E-state index in [1.165, 1.54) is 6.42 Å². The summed E-state index contributed by atoms with van der Waals surface area (Å²) in [5, 5.41) is 8.83. The minimum absolute atomic E-state index is 0.225. The number of nitriles is 1. The van der Waals surface area contributed by atoms with Crippen LogP contribution in [0.5, 0.6) is 0 Å². The van der Waals surface area contributed by atoms with Crippen LogP contribution in [0.15, 0.2) is 0 Å². The summed E-state index contributed by atoms with van der Waals surface area (Å²) < 4.78 is 0. The van der Waals surface area contributed by atoms with Gasteiger partial charge in [-0.1, -0.05) is 6.42 Å². The van der Waals surface area contributed by atoms with Gasteiger partial charge in [0.25, 0.3) is 0 Å². The highest BCUT2D eigenvalue weighted by Crippen LogP contribution is 2.31. The molecule has 0 radical (unpaired) electrons. The Morgan fingerprint density at radius 3 is 2.25 bits per heavy atom. The number of carbonyl (C=O) groups is 1. The molecule has 0 heterocycles. The topological polar surface area (TPSA) is 44.1 Å². The van der Waals surface area contributed by atoms with Crippen molar-refractivity contribution in [2.45, 2.75) is 51.0 Å². The van der Waals surface area contributed by atoms with Crippen molar-refractivity contribution >= 4 is 5.91 Å². The molecule has 2 aliphatic carbocycles. The molecule has 0 aromatic heterocycles. The molecule has 0 bridgehead atoms. The fourth-order valence-corrected chi connectivity index (χ4v) is 2.72. The molecular formula is C13H20N2O. The van der Waals surface area contributed by atoms with Crippen LogP contribution in [-0.4, -0.2) is 23.9 Å². The number of hydrogen-bond acceptors (Lipinski definition) is 2. The maximum Gasteiger partial charge on any atom is 0.225 e. The fourth-order valence-electron chi connectivity index (χ4n) is 2.72. The van der Waals surface area contributed by atoms with Crippen LogP contribution in [0.3, 0.4) is 0 Å². The van der Waals surface area contributed by atoms with E-state index in [2.05, 4.69) is 6.07 Å². The van der Waals surface area contributed by atoms with Gasteiger partial charge < -0.3 is 4.90 Å². The molecule has 2 aliphatic rings. The van der Waals surface area contributed by atoms with E-state index in [1.54, 1.807) is 0 Å². The van der Waals surface area contributed by atoms with E-state index < -0.39 is 0 Å². The normalized spacial score (nSPS) is 30.2. The zero-order valence-corrected chi connectivity index (χ0v) is 9.98. The second-order valence-electron chi connectivity index (χ2n) is 5.21. The molecule has 2 rings (SSSR count). The molecular weight excluding hydrogens is 200 g/mol. The van der Waals surface area contributed by atoms with E-state index in [0.29, 0.717) is 17.9 Å². The van der Waals surface area contributed by atoms with E-state index in [-0.39, 0.29) is 5.92 Å². The summed E-state index contributed by atoms with van der Waals surface area (Å²) in [5.74, 6) is 0.869. The molecule has 0 spiro atoms. The third-order valence-corrected chi connectivity index (χ3v) is 4.23. The van der Waals surface area contributed by atoms with Gasteiger partial charge in [0.1, 0.15) is 0 Å². The molecule has 0 N–H and O–H groups in total. The predicted octanol–water partition coefficient (Wildman–Crippen LogP) is 2.33. The van der Waals surface area contributed by atoms with Gasteiger partial charge in [-0.05, 0) is 38.5 Å². The smallest absolute Gasteiger partial charge is 0.225 e. The summed E-state index contributed by atoms with van der Waals surface area (Å²) in [6.07, 6.45) is 7.31. The maximum atomic E-state index is 12.0. The molecule has 0 aromatic carbocycles. The monoisotopic (exact) mass is 220 g/mol. The quantitative estimate of drug-likeness (QED) is 0.717. The van der Waals surface area contributed by atoms with Gasteiger partial charge in [-0.3, -0.25) is 4.79 Å². The van der Waals surface area contributed by atoms with Gasteiger partial charge in [0.05, 0.1) is 6.07 Å². The summed E-state index contributed by atoms with van der Waals surface area (Å²) in [6, 6.07) is 2.72. The van der Waals surface area contributed by atoms with Crippen molar-refractivity contribution in [2.75, 3.05) is 7.05 Å². The SMILES string of the molecule is CN(C(=O)C1CCC1)C1CCC(C#N)CC1. The highest BCUT2D eigenvalue weighted by Gasteiger charge is 2.32. The lowest BCUT2D eigenvalue weighted by Gasteiger charge is -2.37. The van der Waals surface area contributed by atoms with Crippen molar-refractivity contribution in [3.8, 4) is 6.07 Å². The lowest BCUT2D eigenvalue weighted by atomic mass is 9.82. The number of carbonyl (C=O) groups excluding carboxylic acids is 1. The van der Waals surface area contributed by atoms with Gasteiger partial charge in [0, 0.05) is 24.9 Å². The second-order valence-corrected chi connectivity index (χ2v) is 5.21. The Bertz CT molecular complexity index is 296. The average Bonchev–Trinajstić information content (AvgIpc) is 2.26. The van der Waals surface area contributed by atoms with Gasteiger partial charge >= 0.3 is 0 Å². The Hall–Kier alpha value is -1.04. The predicted molar refractivity (Wildman–Crippen MR) is 61.5 cm³/mol. The molecule has 3 nitrogen and oxygen atoms in total. The van der Waals surface area contributed by atoms with Crippen LogP contribution in [-0.2, 0) is 4.79 Å². The van der Waals surface area contributed by atoms with Crippen molar-refractivity contribution in [1.82, 2.24) is 4.90 Å². The third kappa shape index (κ3) is 2.21. The molecule has 0 unspecified atom stereocenters. The minimum Gasteiger partial charge on any atom is -0.343 e. The van der Waals surface area contributed by atoms with Gasteiger partial charge in [-0.25, -0.2) is 0 Å². The molecule has 2 saturated carbocycles. The summed E-state index contributed by atoms with van der Waals surface area (Å²) in [5.41, 5.74) is 0. The van der Waals surface area contributed by atoms with Gasteiger partial charge in [-0.15, -0.1) is 0 Å². The standard InChI is InChI=1S/C13H20N2O/c1-15(13(16)11-3-2-4-11)12-7-5-10(9-14)6-8-12/h10-12H,2-8H2,1H3. The van der Waals surface area contributed by atoms with Gasteiger partial charge in [0.2, 0.25) is 5.91 Å².